The molecule has 88 valence electrons. The number of nitrogens with one attached hydrogen (secondary N) is 2. The lowest BCUT2D eigenvalue weighted by atomic mass is 10.3. The van der Waals surface area contributed by atoms with Crippen molar-refractivity contribution in [2.45, 2.75) is 0 Å². The second-order valence-corrected chi connectivity index (χ2v) is 4.21. The number of rotatable bonds is 2. The molecule has 0 bridgehead atoms. The summed E-state index contributed by atoms with van der Waals surface area (Å²) in [4.78, 5) is 10.8. The fourth-order valence-electron chi connectivity index (χ4n) is 1.29. The van der Waals surface area contributed by atoms with Crippen LogP contribution in [0, 0.1) is 0 Å². The highest BCUT2D eigenvalue weighted by Crippen LogP contribution is 2.13. The van der Waals surface area contributed by atoms with Crippen LogP contribution in [0.25, 0.3) is 0 Å². The third-order valence-electron chi connectivity index (χ3n) is 2.04. The number of carbonyl (C=O) groups is 1. The maximum absolute atomic E-state index is 10.8. The summed E-state index contributed by atoms with van der Waals surface area (Å²) < 4.78 is 4.73. The maximum atomic E-state index is 10.8. The van der Waals surface area contributed by atoms with E-state index in [9.17, 15) is 4.79 Å². The van der Waals surface area contributed by atoms with Crippen molar-refractivity contribution in [2.75, 3.05) is 11.9 Å². The van der Waals surface area contributed by atoms with Crippen LogP contribution in [0.4, 0.5) is 5.69 Å². The van der Waals surface area contributed by atoms with Gasteiger partial charge < -0.3 is 15.4 Å². The Hall–Kier alpha value is -1.59. The summed E-state index contributed by atoms with van der Waals surface area (Å²) in [5, 5.41) is 6.90. The van der Waals surface area contributed by atoms with Crippen LogP contribution in [0.1, 0.15) is 0 Å². The van der Waals surface area contributed by atoms with Crippen molar-refractivity contribution in [1.82, 2.24) is 5.32 Å². The van der Waals surface area contributed by atoms with Crippen molar-refractivity contribution in [3.63, 3.8) is 0 Å². The number of esters is 1. The van der Waals surface area contributed by atoms with Crippen molar-refractivity contribution in [2.24, 2.45) is 0 Å². The number of hydrogen-bond donors (Lipinski definition) is 2. The van der Waals surface area contributed by atoms with Gasteiger partial charge in [0.15, 0.2) is 5.11 Å². The predicted octanol–water partition coefficient (Wildman–Crippen LogP) is 2.07. The van der Waals surface area contributed by atoms with Crippen LogP contribution in [0.2, 0.25) is 5.02 Å². The third-order valence-corrected chi connectivity index (χ3v) is 2.49. The number of thiocarbonyl (C=S) groups is 1. The van der Waals surface area contributed by atoms with E-state index in [0.29, 0.717) is 15.8 Å². The Morgan fingerprint density at radius 1 is 1.29 bits per heavy atom. The van der Waals surface area contributed by atoms with Gasteiger partial charge in [-0.25, -0.2) is 4.79 Å². The monoisotopic (exact) mass is 268 g/mol. The van der Waals surface area contributed by atoms with E-state index in [1.807, 2.05) is 0 Å². The number of benzene rings is 1. The molecule has 6 heteroatoms. The average molecular weight is 269 g/mol. The van der Waals surface area contributed by atoms with Crippen LogP contribution in [0.3, 0.4) is 0 Å². The summed E-state index contributed by atoms with van der Waals surface area (Å²) in [6.45, 7) is 0.223. The number of ether oxygens (including phenoxy) is 1. The molecule has 2 N–H and O–H groups in total. The minimum absolute atomic E-state index is 0.223. The molecule has 2 rings (SSSR count). The van der Waals surface area contributed by atoms with Gasteiger partial charge in [-0.05, 0) is 36.5 Å². The van der Waals surface area contributed by atoms with Gasteiger partial charge in [0.05, 0.1) is 5.70 Å². The molecular weight excluding hydrogens is 260 g/mol. The second-order valence-electron chi connectivity index (χ2n) is 3.36. The van der Waals surface area contributed by atoms with Gasteiger partial charge in [-0.2, -0.15) is 0 Å². The van der Waals surface area contributed by atoms with Gasteiger partial charge in [-0.1, -0.05) is 11.6 Å². The number of anilines is 1. The molecule has 1 aliphatic rings. The molecule has 0 saturated heterocycles. The molecular formula is C11H9ClN2O2S. The first-order valence-electron chi connectivity index (χ1n) is 4.84. The van der Waals surface area contributed by atoms with Crippen LogP contribution in [0.15, 0.2) is 36.0 Å². The van der Waals surface area contributed by atoms with Crippen molar-refractivity contribution >= 4 is 40.6 Å². The fraction of sp³-hybridized carbons (Fsp3) is 0.0909. The quantitative estimate of drug-likeness (QED) is 0.635. The van der Waals surface area contributed by atoms with Gasteiger partial charge in [0.2, 0.25) is 0 Å². The molecule has 1 aromatic carbocycles. The lowest BCUT2D eigenvalue weighted by Crippen LogP contribution is -2.28. The maximum Gasteiger partial charge on any atom is 0.333 e. The molecule has 1 aromatic rings. The summed E-state index contributed by atoms with van der Waals surface area (Å²) in [6.07, 6.45) is 1.37. The van der Waals surface area contributed by atoms with E-state index in [2.05, 4.69) is 10.6 Å². The van der Waals surface area contributed by atoms with Gasteiger partial charge in [-0.15, -0.1) is 0 Å². The minimum atomic E-state index is -0.359. The first-order valence-corrected chi connectivity index (χ1v) is 5.63. The lowest BCUT2D eigenvalue weighted by molar-refractivity contribution is -0.134. The lowest BCUT2D eigenvalue weighted by Gasteiger charge is -2.10. The normalized spacial score (nSPS) is 13.9. The highest BCUT2D eigenvalue weighted by atomic mass is 35.5. The molecule has 0 saturated carbocycles. The SMILES string of the molecule is O=C1C=C(NC(=S)Nc2ccc(Cl)cc2)CO1. The van der Waals surface area contributed by atoms with E-state index in [1.165, 1.54) is 6.08 Å². The van der Waals surface area contributed by atoms with Crippen LogP contribution in [0.5, 0.6) is 0 Å². The smallest absolute Gasteiger partial charge is 0.333 e. The zero-order valence-corrected chi connectivity index (χ0v) is 10.3. The molecule has 0 unspecified atom stereocenters. The predicted molar refractivity (Wildman–Crippen MR) is 69.9 cm³/mol. The summed E-state index contributed by atoms with van der Waals surface area (Å²) in [7, 11) is 0. The van der Waals surface area contributed by atoms with Crippen molar-refractivity contribution in [1.29, 1.82) is 0 Å². The summed E-state index contributed by atoms with van der Waals surface area (Å²) in [5.74, 6) is -0.359. The Morgan fingerprint density at radius 2 is 2.00 bits per heavy atom. The molecule has 17 heavy (non-hydrogen) atoms. The van der Waals surface area contributed by atoms with Gasteiger partial charge in [0, 0.05) is 16.8 Å². The molecule has 0 radical (unpaired) electrons. The van der Waals surface area contributed by atoms with Crippen LogP contribution in [-0.2, 0) is 9.53 Å². The van der Waals surface area contributed by atoms with E-state index in [4.69, 9.17) is 28.6 Å². The van der Waals surface area contributed by atoms with Gasteiger partial charge in [0.25, 0.3) is 0 Å². The molecule has 1 aliphatic heterocycles. The fourth-order valence-corrected chi connectivity index (χ4v) is 1.66. The summed E-state index contributed by atoms with van der Waals surface area (Å²) >= 11 is 10.8. The average Bonchev–Trinajstić information content (AvgIpc) is 2.67. The van der Waals surface area contributed by atoms with E-state index in [-0.39, 0.29) is 12.6 Å². The molecule has 0 aliphatic carbocycles. The van der Waals surface area contributed by atoms with Gasteiger partial charge in [-0.3, -0.25) is 0 Å². The minimum Gasteiger partial charge on any atom is -0.456 e. The number of cyclic esters (lactones) is 1. The van der Waals surface area contributed by atoms with Crippen molar-refractivity contribution in [3.8, 4) is 0 Å². The Kier molecular flexibility index (Phi) is 3.61. The van der Waals surface area contributed by atoms with Crippen LogP contribution >= 0.6 is 23.8 Å². The molecule has 1 heterocycles. The van der Waals surface area contributed by atoms with Gasteiger partial charge in [0.1, 0.15) is 6.61 Å². The van der Waals surface area contributed by atoms with Crippen molar-refractivity contribution in [3.05, 3.63) is 41.1 Å². The zero-order valence-electron chi connectivity index (χ0n) is 8.70. The number of hydrogen-bond acceptors (Lipinski definition) is 3. The first kappa shape index (κ1) is 11.9. The molecule has 0 amide bonds. The molecule has 0 atom stereocenters. The summed E-state index contributed by atoms with van der Waals surface area (Å²) in [6, 6.07) is 7.13. The highest BCUT2D eigenvalue weighted by Gasteiger charge is 2.13. The Bertz CT molecular complexity index is 485. The highest BCUT2D eigenvalue weighted by molar-refractivity contribution is 7.80. The topological polar surface area (TPSA) is 50.4 Å². The van der Waals surface area contributed by atoms with Crippen molar-refractivity contribution < 1.29 is 9.53 Å². The van der Waals surface area contributed by atoms with Crippen LogP contribution in [-0.4, -0.2) is 17.7 Å². The Labute approximate surface area is 109 Å². The second kappa shape index (κ2) is 5.16. The number of carbonyl (C=O) groups excluding carboxylic acids is 1. The third kappa shape index (κ3) is 3.44. The molecule has 0 spiro atoms. The number of halogens is 1. The molecule has 4 nitrogen and oxygen atoms in total. The summed E-state index contributed by atoms with van der Waals surface area (Å²) in [5.41, 5.74) is 1.46. The van der Waals surface area contributed by atoms with E-state index in [0.717, 1.165) is 5.69 Å². The largest absolute Gasteiger partial charge is 0.456 e. The molecule has 0 fully saturated rings. The van der Waals surface area contributed by atoms with E-state index in [1.54, 1.807) is 24.3 Å². The zero-order chi connectivity index (χ0) is 12.3. The standard InChI is InChI=1S/C11H9ClN2O2S/c12-7-1-3-8(4-2-7)13-11(17)14-9-5-10(15)16-6-9/h1-5H,6H2,(H2,13,14,17). The Morgan fingerprint density at radius 3 is 2.59 bits per heavy atom. The first-order chi connectivity index (χ1) is 8.13. The van der Waals surface area contributed by atoms with E-state index >= 15 is 0 Å². The molecule has 0 aromatic heterocycles. The van der Waals surface area contributed by atoms with E-state index < -0.39 is 0 Å². The van der Waals surface area contributed by atoms with Crippen LogP contribution < -0.4 is 10.6 Å². The van der Waals surface area contributed by atoms with Gasteiger partial charge >= 0.3 is 5.97 Å². The Balaban J connectivity index is 1.91.